The number of methoxy groups -OCH3 is 1. The summed E-state index contributed by atoms with van der Waals surface area (Å²) in [6, 6.07) is 12.2. The first-order chi connectivity index (χ1) is 17.3. The SMILES string of the molecule is CNc1nc(Nc2ccc(-n3cnc(C)n3)c(OC)c2)nc2c1C(C)(C)CCN2c1ccc(F)cc1. The van der Waals surface area contributed by atoms with Crippen LogP contribution in [0.2, 0.25) is 0 Å². The van der Waals surface area contributed by atoms with Gasteiger partial charge in [0.2, 0.25) is 5.95 Å². The molecule has 0 fully saturated rings. The zero-order valence-electron chi connectivity index (χ0n) is 21.0. The molecule has 0 aliphatic carbocycles. The molecule has 2 N–H and O–H groups in total. The van der Waals surface area contributed by atoms with Crippen molar-refractivity contribution in [3.05, 3.63) is 66.0 Å². The molecule has 10 heteroatoms. The van der Waals surface area contributed by atoms with Gasteiger partial charge in [0.1, 0.15) is 41.0 Å². The smallest absolute Gasteiger partial charge is 0.231 e. The fourth-order valence-corrected chi connectivity index (χ4v) is 4.53. The van der Waals surface area contributed by atoms with Crippen LogP contribution >= 0.6 is 0 Å². The van der Waals surface area contributed by atoms with Crippen molar-refractivity contribution in [3.63, 3.8) is 0 Å². The lowest BCUT2D eigenvalue weighted by Crippen LogP contribution is -2.36. The molecule has 0 saturated carbocycles. The minimum Gasteiger partial charge on any atom is -0.494 e. The number of hydrogen-bond acceptors (Lipinski definition) is 8. The Bertz CT molecular complexity index is 1400. The second-order valence-corrected chi connectivity index (χ2v) is 9.35. The lowest BCUT2D eigenvalue weighted by Gasteiger charge is -2.40. The number of nitrogens with one attached hydrogen (secondary N) is 2. The number of anilines is 5. The fourth-order valence-electron chi connectivity index (χ4n) is 4.53. The summed E-state index contributed by atoms with van der Waals surface area (Å²) in [5.74, 6) is 3.02. The number of halogens is 1. The van der Waals surface area contributed by atoms with Crippen molar-refractivity contribution in [2.24, 2.45) is 0 Å². The Labute approximate surface area is 209 Å². The fraction of sp³-hybridized carbons (Fsp3) is 0.308. The van der Waals surface area contributed by atoms with E-state index in [2.05, 4.69) is 39.5 Å². The molecule has 0 bridgehead atoms. The number of hydrogen-bond donors (Lipinski definition) is 2. The summed E-state index contributed by atoms with van der Waals surface area (Å²) < 4.78 is 20.9. The second kappa shape index (κ2) is 9.10. The van der Waals surface area contributed by atoms with E-state index in [9.17, 15) is 4.39 Å². The van der Waals surface area contributed by atoms with Gasteiger partial charge in [0.05, 0.1) is 7.11 Å². The minimum absolute atomic E-state index is 0.135. The normalized spacial score (nSPS) is 14.3. The molecule has 9 nitrogen and oxygen atoms in total. The van der Waals surface area contributed by atoms with Crippen LogP contribution in [0.4, 0.5) is 33.3 Å². The van der Waals surface area contributed by atoms with Crippen LogP contribution in [0, 0.1) is 12.7 Å². The van der Waals surface area contributed by atoms with Crippen molar-refractivity contribution in [1.82, 2.24) is 24.7 Å². The third kappa shape index (κ3) is 4.30. The Morgan fingerprint density at radius 3 is 2.53 bits per heavy atom. The molecule has 5 rings (SSSR count). The quantitative estimate of drug-likeness (QED) is 0.386. The molecule has 0 saturated heterocycles. The molecule has 2 aromatic carbocycles. The molecule has 0 unspecified atom stereocenters. The number of rotatable bonds is 6. The highest BCUT2D eigenvalue weighted by Crippen LogP contribution is 2.45. The van der Waals surface area contributed by atoms with E-state index in [1.807, 2.05) is 32.2 Å². The third-order valence-electron chi connectivity index (χ3n) is 6.45. The summed E-state index contributed by atoms with van der Waals surface area (Å²) in [4.78, 5) is 16.0. The van der Waals surface area contributed by atoms with Gasteiger partial charge in [-0.1, -0.05) is 13.8 Å². The van der Waals surface area contributed by atoms with Crippen LogP contribution in [0.15, 0.2) is 48.8 Å². The Kier molecular flexibility index (Phi) is 5.95. The topological polar surface area (TPSA) is 93.0 Å². The van der Waals surface area contributed by atoms with Gasteiger partial charge in [0.15, 0.2) is 0 Å². The standard InChI is InChI=1S/C26H29FN8O/c1-16-29-15-35(33-16)20-11-8-18(14-21(20)36-5)30-25-31-23(28-4)22-24(32-25)34(13-12-26(22,2)3)19-9-6-17(27)7-10-19/h6-11,14-15H,12-13H2,1-5H3,(H2,28,30,31,32). The summed E-state index contributed by atoms with van der Waals surface area (Å²) in [7, 11) is 3.47. The van der Waals surface area contributed by atoms with Gasteiger partial charge < -0.3 is 20.3 Å². The van der Waals surface area contributed by atoms with Crippen LogP contribution in [0.5, 0.6) is 5.75 Å². The molecule has 0 atom stereocenters. The van der Waals surface area contributed by atoms with Crippen molar-refractivity contribution in [2.75, 3.05) is 36.2 Å². The largest absolute Gasteiger partial charge is 0.494 e. The third-order valence-corrected chi connectivity index (χ3v) is 6.45. The van der Waals surface area contributed by atoms with Crippen molar-refractivity contribution in [2.45, 2.75) is 32.6 Å². The van der Waals surface area contributed by atoms with Crippen molar-refractivity contribution >= 4 is 29.0 Å². The van der Waals surface area contributed by atoms with Crippen LogP contribution in [-0.2, 0) is 5.41 Å². The molecule has 2 aromatic heterocycles. The molecule has 1 aliphatic heterocycles. The first kappa shape index (κ1) is 23.5. The number of benzene rings is 2. The average molecular weight is 489 g/mol. The highest BCUT2D eigenvalue weighted by Gasteiger charge is 2.36. The highest BCUT2D eigenvalue weighted by atomic mass is 19.1. The molecule has 186 valence electrons. The molecule has 0 radical (unpaired) electrons. The van der Waals surface area contributed by atoms with E-state index in [4.69, 9.17) is 14.7 Å². The summed E-state index contributed by atoms with van der Waals surface area (Å²) in [5, 5.41) is 10.9. The highest BCUT2D eigenvalue weighted by molar-refractivity contribution is 5.74. The van der Waals surface area contributed by atoms with E-state index in [1.54, 1.807) is 30.3 Å². The molecule has 36 heavy (non-hydrogen) atoms. The maximum absolute atomic E-state index is 13.6. The maximum Gasteiger partial charge on any atom is 0.231 e. The van der Waals surface area contributed by atoms with Gasteiger partial charge in [-0.15, -0.1) is 0 Å². The maximum atomic E-state index is 13.6. The van der Waals surface area contributed by atoms with Crippen LogP contribution in [-0.4, -0.2) is 45.4 Å². The van der Waals surface area contributed by atoms with Gasteiger partial charge in [0, 0.05) is 36.6 Å². The number of ether oxygens (including phenoxy) is 1. The number of aromatic nitrogens is 5. The zero-order chi connectivity index (χ0) is 25.4. The summed E-state index contributed by atoms with van der Waals surface area (Å²) >= 11 is 0. The molecule has 4 aromatic rings. The number of fused-ring (bicyclic) bond motifs is 1. The van der Waals surface area contributed by atoms with Gasteiger partial charge in [-0.2, -0.15) is 15.1 Å². The Hall–Kier alpha value is -4.21. The minimum atomic E-state index is -0.268. The first-order valence-corrected chi connectivity index (χ1v) is 11.8. The molecular formula is C26H29FN8O. The van der Waals surface area contributed by atoms with E-state index in [-0.39, 0.29) is 11.2 Å². The summed E-state index contributed by atoms with van der Waals surface area (Å²) in [6.45, 7) is 6.98. The number of nitrogens with zero attached hydrogens (tertiary/aromatic N) is 6. The predicted molar refractivity (Wildman–Crippen MR) is 139 cm³/mol. The van der Waals surface area contributed by atoms with Crippen molar-refractivity contribution < 1.29 is 9.13 Å². The second-order valence-electron chi connectivity index (χ2n) is 9.35. The van der Waals surface area contributed by atoms with Crippen molar-refractivity contribution in [3.8, 4) is 11.4 Å². The van der Waals surface area contributed by atoms with E-state index in [0.29, 0.717) is 17.5 Å². The first-order valence-electron chi connectivity index (χ1n) is 11.8. The van der Waals surface area contributed by atoms with Crippen LogP contribution in [0.1, 0.15) is 31.7 Å². The average Bonchev–Trinajstić information content (AvgIpc) is 3.30. The van der Waals surface area contributed by atoms with Gasteiger partial charge in [-0.25, -0.2) is 14.1 Å². The lowest BCUT2D eigenvalue weighted by atomic mass is 9.79. The molecular weight excluding hydrogens is 459 g/mol. The summed E-state index contributed by atoms with van der Waals surface area (Å²) in [6.07, 6.45) is 2.56. The predicted octanol–water partition coefficient (Wildman–Crippen LogP) is 5.12. The van der Waals surface area contributed by atoms with E-state index >= 15 is 0 Å². The van der Waals surface area contributed by atoms with Gasteiger partial charge in [-0.3, -0.25) is 0 Å². The molecule has 0 amide bonds. The Morgan fingerprint density at radius 1 is 1.08 bits per heavy atom. The van der Waals surface area contributed by atoms with Crippen molar-refractivity contribution in [1.29, 1.82) is 0 Å². The van der Waals surface area contributed by atoms with Gasteiger partial charge in [-0.05, 0) is 55.2 Å². The molecule has 3 heterocycles. The van der Waals surface area contributed by atoms with Crippen LogP contribution < -0.4 is 20.3 Å². The monoisotopic (exact) mass is 488 g/mol. The van der Waals surface area contributed by atoms with Gasteiger partial charge >= 0.3 is 0 Å². The summed E-state index contributed by atoms with van der Waals surface area (Å²) in [5.41, 5.74) is 3.31. The van der Waals surface area contributed by atoms with E-state index in [1.165, 1.54) is 12.1 Å². The van der Waals surface area contributed by atoms with E-state index < -0.39 is 0 Å². The Balaban J connectivity index is 1.55. The molecule has 1 aliphatic rings. The Morgan fingerprint density at radius 2 is 1.86 bits per heavy atom. The van der Waals surface area contributed by atoms with Crippen LogP contribution in [0.25, 0.3) is 5.69 Å². The lowest BCUT2D eigenvalue weighted by molar-refractivity contribution is 0.412. The van der Waals surface area contributed by atoms with E-state index in [0.717, 1.165) is 47.2 Å². The van der Waals surface area contributed by atoms with Crippen LogP contribution in [0.3, 0.4) is 0 Å². The number of aryl methyl sites for hydroxylation is 1. The zero-order valence-corrected chi connectivity index (χ0v) is 21.0. The molecule has 0 spiro atoms. The van der Waals surface area contributed by atoms with Gasteiger partial charge in [0.25, 0.3) is 0 Å².